The summed E-state index contributed by atoms with van der Waals surface area (Å²) in [6.07, 6.45) is 5.14. The van der Waals surface area contributed by atoms with Gasteiger partial charge in [0.05, 0.1) is 18.9 Å². The number of ether oxygens (including phenoxy) is 4. The molecule has 4 N–H and O–H groups in total. The number of esters is 4. The Hall–Kier alpha value is -6.67. The summed E-state index contributed by atoms with van der Waals surface area (Å²) in [5.74, 6) is -7.61. The molecule has 270 valence electrons. The van der Waals surface area contributed by atoms with E-state index in [0.717, 1.165) is 11.1 Å². The average Bonchev–Trinajstić information content (AvgIpc) is 3.77. The van der Waals surface area contributed by atoms with Crippen molar-refractivity contribution in [3.8, 4) is 11.3 Å². The van der Waals surface area contributed by atoms with E-state index in [1.54, 1.807) is 53.1 Å². The van der Waals surface area contributed by atoms with E-state index in [0.29, 0.717) is 17.8 Å². The van der Waals surface area contributed by atoms with E-state index >= 15 is 0 Å². The Balaban J connectivity index is 1.38. The van der Waals surface area contributed by atoms with Gasteiger partial charge in [-0.05, 0) is 11.1 Å². The van der Waals surface area contributed by atoms with Crippen LogP contribution in [0.5, 0.6) is 0 Å². The third-order valence-electron chi connectivity index (χ3n) is 6.69. The molecule has 0 radical (unpaired) electrons. The summed E-state index contributed by atoms with van der Waals surface area (Å²) in [5.41, 5.74) is 2.90. The van der Waals surface area contributed by atoms with Crippen molar-refractivity contribution in [2.45, 2.75) is 19.0 Å². The second-order valence-electron chi connectivity index (χ2n) is 10.8. The van der Waals surface area contributed by atoms with E-state index in [2.05, 4.69) is 46.2 Å². The largest absolute Gasteiger partial charge is 0.454 e. The van der Waals surface area contributed by atoms with Crippen LogP contribution in [-0.2, 0) is 77.3 Å². The lowest BCUT2D eigenvalue weighted by Gasteiger charge is -2.18. The monoisotopic (exact) mass is 711 g/mol. The van der Waals surface area contributed by atoms with Gasteiger partial charge in [0.1, 0.15) is 31.4 Å². The number of nitrogens with one attached hydrogen (secondary N) is 4. The second kappa shape index (κ2) is 18.2. The fourth-order valence-corrected chi connectivity index (χ4v) is 4.19. The van der Waals surface area contributed by atoms with Gasteiger partial charge in [-0.1, -0.05) is 29.5 Å². The summed E-state index contributed by atoms with van der Waals surface area (Å²) in [4.78, 5) is 97.2. The number of hydrogen-bond acceptors (Lipinski definition) is 15. The third-order valence-corrected chi connectivity index (χ3v) is 6.69. The molecular weight excluding hydrogens is 678 g/mol. The molecule has 1 aromatic carbocycles. The van der Waals surface area contributed by atoms with Crippen molar-refractivity contribution in [2.24, 2.45) is 7.05 Å². The highest BCUT2D eigenvalue weighted by Gasteiger charge is 2.25. The number of carbonyl (C=O) groups is 8. The maximum Gasteiger partial charge on any atom is 0.329 e. The molecule has 1 atom stereocenters. The zero-order valence-electron chi connectivity index (χ0n) is 27.1. The van der Waals surface area contributed by atoms with Gasteiger partial charge in [0.15, 0.2) is 26.4 Å². The molecular formula is C30H33N9O12. The molecule has 21 nitrogen and oxygen atoms in total. The molecule has 0 spiro atoms. The van der Waals surface area contributed by atoms with Crippen molar-refractivity contribution in [2.75, 3.05) is 46.1 Å². The van der Waals surface area contributed by atoms with Gasteiger partial charge in [0, 0.05) is 25.2 Å². The lowest BCUT2D eigenvalue weighted by Crippen LogP contribution is -2.46. The van der Waals surface area contributed by atoms with Gasteiger partial charge >= 0.3 is 23.9 Å². The molecule has 1 aliphatic rings. The normalized spacial score (nSPS) is 18.1. The zero-order valence-corrected chi connectivity index (χ0v) is 27.1. The van der Waals surface area contributed by atoms with Crippen LogP contribution in [0, 0.1) is 0 Å². The highest BCUT2D eigenvalue weighted by molar-refractivity contribution is 5.90. The van der Waals surface area contributed by atoms with Crippen molar-refractivity contribution in [3.05, 3.63) is 54.0 Å². The number of amides is 4. The number of rotatable bonds is 5. The number of carbonyl (C=O) groups excluding carboxylic acids is 8. The molecule has 0 bridgehead atoms. The van der Waals surface area contributed by atoms with Gasteiger partial charge < -0.3 is 40.2 Å². The quantitative estimate of drug-likeness (QED) is 0.146. The van der Waals surface area contributed by atoms with Crippen LogP contribution in [0.15, 0.2) is 42.9 Å². The molecule has 21 heteroatoms. The van der Waals surface area contributed by atoms with Crippen molar-refractivity contribution in [3.63, 3.8) is 0 Å². The van der Waals surface area contributed by atoms with Crippen LogP contribution in [0.2, 0.25) is 0 Å². The Bertz CT molecular complexity index is 1770. The average molecular weight is 712 g/mol. The van der Waals surface area contributed by atoms with Crippen molar-refractivity contribution >= 4 is 47.5 Å². The van der Waals surface area contributed by atoms with Gasteiger partial charge in [-0.2, -0.15) is 5.10 Å². The molecule has 4 rings (SSSR count). The SMILES string of the molecule is Cn1cc(-c2cnn(Cc3ccc(CC4NC(=O)COC(=O)CNC(=O)COC(=O)CNC(=O)COC(=O)CNC(=O)COC4=O)cc3)c2)nn1. The van der Waals surface area contributed by atoms with Crippen LogP contribution in [0.4, 0.5) is 0 Å². The molecule has 0 saturated carbocycles. The van der Waals surface area contributed by atoms with E-state index in [-0.39, 0.29) is 6.42 Å². The summed E-state index contributed by atoms with van der Waals surface area (Å²) in [6.45, 7) is -4.88. The fraction of sp³-hybridized carbons (Fsp3) is 0.367. The molecule has 1 unspecified atom stereocenters. The molecule has 3 aromatic rings. The molecule has 51 heavy (non-hydrogen) atoms. The first-order valence-electron chi connectivity index (χ1n) is 15.1. The minimum Gasteiger partial charge on any atom is -0.454 e. The Morgan fingerprint density at radius 1 is 0.686 bits per heavy atom. The molecule has 3 heterocycles. The summed E-state index contributed by atoms with van der Waals surface area (Å²) in [7, 11) is 1.76. The summed E-state index contributed by atoms with van der Waals surface area (Å²) < 4.78 is 22.5. The maximum atomic E-state index is 13.0. The van der Waals surface area contributed by atoms with Crippen molar-refractivity contribution in [1.29, 1.82) is 0 Å². The highest BCUT2D eigenvalue weighted by atomic mass is 16.6. The molecule has 0 aliphatic carbocycles. The Kier molecular flexibility index (Phi) is 13.3. The lowest BCUT2D eigenvalue weighted by molar-refractivity contribution is -0.154. The molecule has 4 amide bonds. The number of benzene rings is 1. The van der Waals surface area contributed by atoms with Crippen LogP contribution in [0.3, 0.4) is 0 Å². The number of hydrogen-bond donors (Lipinski definition) is 4. The smallest absolute Gasteiger partial charge is 0.329 e. The van der Waals surface area contributed by atoms with Crippen LogP contribution in [-0.4, -0.2) is 124 Å². The van der Waals surface area contributed by atoms with Crippen LogP contribution in [0.25, 0.3) is 11.3 Å². The predicted molar refractivity (Wildman–Crippen MR) is 166 cm³/mol. The number of cyclic esters (lactones) is 4. The number of nitrogens with zero attached hydrogens (tertiary/aromatic N) is 5. The Morgan fingerprint density at radius 3 is 1.73 bits per heavy atom. The third kappa shape index (κ3) is 12.7. The van der Waals surface area contributed by atoms with Gasteiger partial charge in [0.25, 0.3) is 23.6 Å². The topological polar surface area (TPSA) is 270 Å². The zero-order chi connectivity index (χ0) is 36.8. The van der Waals surface area contributed by atoms with E-state index in [1.807, 2.05) is 6.20 Å². The van der Waals surface area contributed by atoms with Crippen LogP contribution < -0.4 is 21.3 Å². The first kappa shape index (κ1) is 37.2. The van der Waals surface area contributed by atoms with Crippen molar-refractivity contribution < 1.29 is 57.3 Å². The van der Waals surface area contributed by atoms with E-state index in [4.69, 9.17) is 9.47 Å². The van der Waals surface area contributed by atoms with Crippen molar-refractivity contribution in [1.82, 2.24) is 46.0 Å². The van der Waals surface area contributed by atoms with E-state index in [9.17, 15) is 38.4 Å². The van der Waals surface area contributed by atoms with Gasteiger partial charge in [-0.25, -0.2) is 4.79 Å². The van der Waals surface area contributed by atoms with E-state index in [1.165, 1.54) is 0 Å². The lowest BCUT2D eigenvalue weighted by atomic mass is 10.0. The maximum absolute atomic E-state index is 13.0. The summed E-state index contributed by atoms with van der Waals surface area (Å²) in [6, 6.07) is 5.66. The van der Waals surface area contributed by atoms with Gasteiger partial charge in [0.2, 0.25) is 0 Å². The first-order chi connectivity index (χ1) is 24.4. The number of aromatic nitrogens is 5. The standard InChI is InChI=1S/C30H33N9O12/c1-38-13-22(36-37-38)20-7-34-39(12-20)11-19-4-2-18(3-5-19)6-21-30(47)51-16-25(42)33-9-28(45)49-14-23(40)31-8-27(44)48-15-24(41)32-10-29(46)50-17-26(43)35-21/h2-5,7,12-13,21H,6,8-11,14-17H2,1H3,(H,31,40)(H,32,41)(H,33,42)(H,35,43). The molecule has 2 aromatic heterocycles. The first-order valence-corrected chi connectivity index (χ1v) is 15.1. The molecule has 1 fully saturated rings. The van der Waals surface area contributed by atoms with Crippen LogP contribution >= 0.6 is 0 Å². The van der Waals surface area contributed by atoms with E-state index < -0.39 is 99.6 Å². The van der Waals surface area contributed by atoms with Gasteiger partial charge in [-0.3, -0.25) is 42.9 Å². The predicted octanol–water partition coefficient (Wildman–Crippen LogP) is -3.71. The Morgan fingerprint density at radius 2 is 1.20 bits per heavy atom. The second-order valence-corrected chi connectivity index (χ2v) is 10.8. The molecule has 1 aliphatic heterocycles. The summed E-state index contributed by atoms with van der Waals surface area (Å²) in [5, 5.41) is 21.1. The fourth-order valence-electron chi connectivity index (χ4n) is 4.19. The minimum atomic E-state index is -1.35. The Labute approximate surface area is 288 Å². The minimum absolute atomic E-state index is 0.0951. The number of aryl methyl sites for hydroxylation is 1. The van der Waals surface area contributed by atoms with Gasteiger partial charge in [-0.15, -0.1) is 5.10 Å². The van der Waals surface area contributed by atoms with Crippen LogP contribution in [0.1, 0.15) is 11.1 Å². The highest BCUT2D eigenvalue weighted by Crippen LogP contribution is 2.16. The molecule has 1 saturated heterocycles. The summed E-state index contributed by atoms with van der Waals surface area (Å²) >= 11 is 0.